The van der Waals surface area contributed by atoms with Crippen LogP contribution in [0.5, 0.6) is 5.75 Å². The minimum Gasteiger partial charge on any atom is -0.491 e. The topological polar surface area (TPSA) is 34.4 Å². The Bertz CT molecular complexity index is 525. The Morgan fingerprint density at radius 3 is 2.90 bits per heavy atom. The van der Waals surface area contributed by atoms with Crippen LogP contribution >= 0.6 is 11.6 Å². The van der Waals surface area contributed by atoms with Gasteiger partial charge in [-0.15, -0.1) is 0 Å². The molecule has 0 aliphatic heterocycles. The number of furan rings is 1. The second kappa shape index (κ2) is 7.25. The van der Waals surface area contributed by atoms with Crippen molar-refractivity contribution >= 4 is 17.3 Å². The first-order valence-electron chi connectivity index (χ1n) is 6.90. The Balaban J connectivity index is 2.04. The lowest BCUT2D eigenvalue weighted by molar-refractivity contribution is 0.318. The average Bonchev–Trinajstić information content (AvgIpc) is 2.90. The summed E-state index contributed by atoms with van der Waals surface area (Å²) in [6.45, 7) is 4.89. The molecule has 0 aliphatic rings. The molecule has 4 heteroatoms. The Kier molecular flexibility index (Phi) is 5.36. The molecule has 1 aromatic carbocycles. The fraction of sp³-hybridized carbons (Fsp3) is 0.375. The number of anilines is 1. The van der Waals surface area contributed by atoms with Crippen LogP contribution in [0.4, 0.5) is 5.69 Å². The highest BCUT2D eigenvalue weighted by Gasteiger charge is 2.10. The van der Waals surface area contributed by atoms with Crippen LogP contribution in [0.15, 0.2) is 41.0 Å². The number of nitrogens with one attached hydrogen (secondary N) is 1. The van der Waals surface area contributed by atoms with Crippen LogP contribution in [0.1, 0.15) is 26.0 Å². The van der Waals surface area contributed by atoms with Gasteiger partial charge in [0.15, 0.2) is 0 Å². The van der Waals surface area contributed by atoms with Gasteiger partial charge in [0.05, 0.1) is 18.6 Å². The van der Waals surface area contributed by atoms with Gasteiger partial charge in [0, 0.05) is 17.5 Å². The molecule has 3 nitrogen and oxygen atoms in total. The van der Waals surface area contributed by atoms with Gasteiger partial charge in [0.2, 0.25) is 0 Å². The highest BCUT2D eigenvalue weighted by atomic mass is 35.5. The van der Waals surface area contributed by atoms with Gasteiger partial charge >= 0.3 is 0 Å². The molecule has 0 saturated heterocycles. The Hall–Kier alpha value is -1.61. The van der Waals surface area contributed by atoms with Crippen molar-refractivity contribution in [2.75, 3.05) is 11.9 Å². The van der Waals surface area contributed by atoms with Crippen molar-refractivity contribution in [1.82, 2.24) is 0 Å². The first-order valence-corrected chi connectivity index (χ1v) is 7.28. The first kappa shape index (κ1) is 14.8. The average molecular weight is 294 g/mol. The molecule has 2 rings (SSSR count). The summed E-state index contributed by atoms with van der Waals surface area (Å²) in [5.41, 5.74) is 0.921. The Labute approximate surface area is 124 Å². The van der Waals surface area contributed by atoms with E-state index in [1.165, 1.54) is 0 Å². The van der Waals surface area contributed by atoms with E-state index in [4.69, 9.17) is 20.8 Å². The molecule has 1 atom stereocenters. The van der Waals surface area contributed by atoms with E-state index in [1.807, 2.05) is 30.3 Å². The molecule has 0 aliphatic carbocycles. The van der Waals surface area contributed by atoms with Crippen molar-refractivity contribution in [3.8, 4) is 5.75 Å². The van der Waals surface area contributed by atoms with Crippen molar-refractivity contribution in [2.24, 2.45) is 0 Å². The maximum Gasteiger partial charge on any atom is 0.142 e. The van der Waals surface area contributed by atoms with E-state index in [1.54, 1.807) is 6.26 Å². The van der Waals surface area contributed by atoms with Crippen LogP contribution in [0.2, 0.25) is 5.02 Å². The van der Waals surface area contributed by atoms with E-state index in [-0.39, 0.29) is 6.04 Å². The van der Waals surface area contributed by atoms with Crippen molar-refractivity contribution in [3.05, 3.63) is 47.4 Å². The molecule has 0 spiro atoms. The standard InChI is InChI=1S/C16H20ClNO2/c1-3-8-20-16-7-6-13(17)11-15(16)18-12(2)10-14-5-4-9-19-14/h4-7,9,11-12,18H,3,8,10H2,1-2H3. The van der Waals surface area contributed by atoms with Crippen LogP contribution in [0.3, 0.4) is 0 Å². The van der Waals surface area contributed by atoms with Gasteiger partial charge in [0.1, 0.15) is 11.5 Å². The first-order chi connectivity index (χ1) is 9.69. The molecule has 0 bridgehead atoms. The van der Waals surface area contributed by atoms with Crippen LogP contribution in [0.25, 0.3) is 0 Å². The lowest BCUT2D eigenvalue weighted by Gasteiger charge is -2.18. The quantitative estimate of drug-likeness (QED) is 0.799. The van der Waals surface area contributed by atoms with E-state index in [0.717, 1.165) is 30.0 Å². The van der Waals surface area contributed by atoms with Crippen LogP contribution in [-0.2, 0) is 6.42 Å². The summed E-state index contributed by atoms with van der Waals surface area (Å²) in [6, 6.07) is 9.74. The fourth-order valence-corrected chi connectivity index (χ4v) is 2.17. The van der Waals surface area contributed by atoms with Crippen LogP contribution in [-0.4, -0.2) is 12.6 Å². The van der Waals surface area contributed by atoms with Gasteiger partial charge in [-0.05, 0) is 43.7 Å². The van der Waals surface area contributed by atoms with Crippen molar-refractivity contribution in [1.29, 1.82) is 0 Å². The minimum atomic E-state index is 0.226. The zero-order valence-corrected chi connectivity index (χ0v) is 12.6. The van der Waals surface area contributed by atoms with E-state index < -0.39 is 0 Å². The third-order valence-electron chi connectivity index (χ3n) is 2.89. The number of hydrogen-bond donors (Lipinski definition) is 1. The number of benzene rings is 1. The van der Waals surface area contributed by atoms with Gasteiger partial charge < -0.3 is 14.5 Å². The van der Waals surface area contributed by atoms with E-state index in [9.17, 15) is 0 Å². The largest absolute Gasteiger partial charge is 0.491 e. The maximum absolute atomic E-state index is 6.06. The SMILES string of the molecule is CCCOc1ccc(Cl)cc1NC(C)Cc1ccco1. The summed E-state index contributed by atoms with van der Waals surface area (Å²) in [4.78, 5) is 0. The minimum absolute atomic E-state index is 0.226. The molecule has 20 heavy (non-hydrogen) atoms. The molecule has 1 N–H and O–H groups in total. The van der Waals surface area contributed by atoms with E-state index in [0.29, 0.717) is 11.6 Å². The van der Waals surface area contributed by atoms with Gasteiger partial charge in [-0.3, -0.25) is 0 Å². The highest BCUT2D eigenvalue weighted by molar-refractivity contribution is 6.30. The molecule has 2 aromatic rings. The molecule has 1 unspecified atom stereocenters. The summed E-state index contributed by atoms with van der Waals surface area (Å²) in [7, 11) is 0. The Morgan fingerprint density at radius 2 is 2.20 bits per heavy atom. The molecule has 0 radical (unpaired) electrons. The highest BCUT2D eigenvalue weighted by Crippen LogP contribution is 2.29. The third kappa shape index (κ3) is 4.20. The van der Waals surface area contributed by atoms with Gasteiger partial charge in [-0.25, -0.2) is 0 Å². The smallest absolute Gasteiger partial charge is 0.142 e. The lowest BCUT2D eigenvalue weighted by Crippen LogP contribution is -2.18. The summed E-state index contributed by atoms with van der Waals surface area (Å²) in [5, 5.41) is 4.12. The predicted octanol–water partition coefficient (Wildman–Crippen LogP) is 4.76. The number of ether oxygens (including phenoxy) is 1. The van der Waals surface area contributed by atoms with Crippen molar-refractivity contribution in [2.45, 2.75) is 32.7 Å². The molecule has 0 amide bonds. The Morgan fingerprint density at radius 1 is 1.35 bits per heavy atom. The molecule has 0 fully saturated rings. The monoisotopic (exact) mass is 293 g/mol. The van der Waals surface area contributed by atoms with Gasteiger partial charge in [0.25, 0.3) is 0 Å². The van der Waals surface area contributed by atoms with Gasteiger partial charge in [-0.1, -0.05) is 18.5 Å². The fourth-order valence-electron chi connectivity index (χ4n) is 2.00. The predicted molar refractivity (Wildman–Crippen MR) is 82.7 cm³/mol. The van der Waals surface area contributed by atoms with E-state index >= 15 is 0 Å². The summed E-state index contributed by atoms with van der Waals surface area (Å²) < 4.78 is 11.1. The van der Waals surface area contributed by atoms with Crippen molar-refractivity contribution in [3.63, 3.8) is 0 Å². The zero-order chi connectivity index (χ0) is 14.4. The molecule has 108 valence electrons. The third-order valence-corrected chi connectivity index (χ3v) is 3.13. The molecule has 0 saturated carbocycles. The molecular weight excluding hydrogens is 274 g/mol. The molecular formula is C16H20ClNO2. The second-order valence-corrected chi connectivity index (χ2v) is 5.25. The van der Waals surface area contributed by atoms with E-state index in [2.05, 4.69) is 19.2 Å². The number of rotatable bonds is 7. The lowest BCUT2D eigenvalue weighted by atomic mass is 10.2. The maximum atomic E-state index is 6.06. The molecule has 1 heterocycles. The van der Waals surface area contributed by atoms with Crippen LogP contribution in [0, 0.1) is 0 Å². The van der Waals surface area contributed by atoms with Crippen LogP contribution < -0.4 is 10.1 Å². The zero-order valence-electron chi connectivity index (χ0n) is 11.9. The van der Waals surface area contributed by atoms with Gasteiger partial charge in [-0.2, -0.15) is 0 Å². The summed E-state index contributed by atoms with van der Waals surface area (Å²) >= 11 is 6.06. The molecule has 1 aromatic heterocycles. The number of hydrogen-bond acceptors (Lipinski definition) is 3. The number of halogens is 1. The summed E-state index contributed by atoms with van der Waals surface area (Å²) in [6.07, 6.45) is 3.48. The summed E-state index contributed by atoms with van der Waals surface area (Å²) in [5.74, 6) is 1.80. The van der Waals surface area contributed by atoms with Crippen molar-refractivity contribution < 1.29 is 9.15 Å². The normalized spacial score (nSPS) is 12.2. The second-order valence-electron chi connectivity index (χ2n) is 4.82.